The van der Waals surface area contributed by atoms with Gasteiger partial charge in [-0.1, -0.05) is 12.1 Å². The molecule has 0 fully saturated rings. The first kappa shape index (κ1) is 14.2. The molecule has 0 bridgehead atoms. The first-order valence-electron chi connectivity index (χ1n) is 6.28. The van der Waals surface area contributed by atoms with Crippen LogP contribution in [-0.4, -0.2) is 25.7 Å². The molecule has 5 N–H and O–H groups in total. The SMILES string of the molecule is Cc1ccc(CCNCC(N)CN)c(C)c1C. The summed E-state index contributed by atoms with van der Waals surface area (Å²) < 4.78 is 0. The summed E-state index contributed by atoms with van der Waals surface area (Å²) >= 11 is 0. The van der Waals surface area contributed by atoms with E-state index in [1.54, 1.807) is 0 Å². The highest BCUT2D eigenvalue weighted by atomic mass is 14.9. The number of hydrogen-bond acceptors (Lipinski definition) is 3. The molecule has 0 spiro atoms. The van der Waals surface area contributed by atoms with Gasteiger partial charge in [-0.15, -0.1) is 0 Å². The molecule has 0 heterocycles. The Hall–Kier alpha value is -0.900. The van der Waals surface area contributed by atoms with E-state index in [1.807, 2.05) is 0 Å². The van der Waals surface area contributed by atoms with Crippen molar-refractivity contribution in [1.82, 2.24) is 5.32 Å². The maximum absolute atomic E-state index is 5.74. The Labute approximate surface area is 105 Å². The third-order valence-electron chi connectivity index (χ3n) is 3.45. The molecule has 0 saturated carbocycles. The van der Waals surface area contributed by atoms with Gasteiger partial charge in [0.25, 0.3) is 0 Å². The first-order chi connectivity index (χ1) is 8.06. The molecule has 1 unspecified atom stereocenters. The molecule has 0 saturated heterocycles. The van der Waals surface area contributed by atoms with E-state index in [1.165, 1.54) is 22.3 Å². The number of nitrogens with two attached hydrogens (primary N) is 2. The second-order valence-corrected chi connectivity index (χ2v) is 4.74. The molecule has 1 atom stereocenters. The average molecular weight is 235 g/mol. The lowest BCUT2D eigenvalue weighted by atomic mass is 9.97. The number of hydrogen-bond donors (Lipinski definition) is 3. The highest BCUT2D eigenvalue weighted by Gasteiger charge is 2.04. The fraction of sp³-hybridized carbons (Fsp3) is 0.571. The third kappa shape index (κ3) is 4.11. The van der Waals surface area contributed by atoms with Crippen molar-refractivity contribution >= 4 is 0 Å². The number of nitrogens with one attached hydrogen (secondary N) is 1. The van der Waals surface area contributed by atoms with Gasteiger partial charge in [-0.2, -0.15) is 0 Å². The Morgan fingerprint density at radius 1 is 1.18 bits per heavy atom. The summed E-state index contributed by atoms with van der Waals surface area (Å²) in [5, 5.41) is 3.34. The highest BCUT2D eigenvalue weighted by molar-refractivity contribution is 5.38. The Balaban J connectivity index is 2.45. The van der Waals surface area contributed by atoms with E-state index < -0.39 is 0 Å². The minimum Gasteiger partial charge on any atom is -0.329 e. The van der Waals surface area contributed by atoms with Gasteiger partial charge in [-0.25, -0.2) is 0 Å². The molecular weight excluding hydrogens is 210 g/mol. The van der Waals surface area contributed by atoms with Crippen molar-refractivity contribution in [3.63, 3.8) is 0 Å². The lowest BCUT2D eigenvalue weighted by Gasteiger charge is -2.13. The molecule has 1 aromatic carbocycles. The van der Waals surface area contributed by atoms with Gasteiger partial charge in [0.05, 0.1) is 0 Å². The van der Waals surface area contributed by atoms with E-state index in [4.69, 9.17) is 11.5 Å². The molecule has 17 heavy (non-hydrogen) atoms. The Bertz CT molecular complexity index is 361. The monoisotopic (exact) mass is 235 g/mol. The van der Waals surface area contributed by atoms with Crippen LogP contribution in [0.25, 0.3) is 0 Å². The van der Waals surface area contributed by atoms with E-state index in [0.29, 0.717) is 6.54 Å². The summed E-state index contributed by atoms with van der Waals surface area (Å²) in [4.78, 5) is 0. The molecule has 3 nitrogen and oxygen atoms in total. The predicted octanol–water partition coefficient (Wildman–Crippen LogP) is 1.03. The van der Waals surface area contributed by atoms with E-state index in [9.17, 15) is 0 Å². The maximum atomic E-state index is 5.74. The molecule has 0 aromatic heterocycles. The third-order valence-corrected chi connectivity index (χ3v) is 3.45. The Morgan fingerprint density at radius 2 is 1.88 bits per heavy atom. The molecule has 0 radical (unpaired) electrons. The van der Waals surface area contributed by atoms with Crippen molar-refractivity contribution in [3.05, 3.63) is 34.4 Å². The minimum atomic E-state index is 0.0656. The van der Waals surface area contributed by atoms with Crippen molar-refractivity contribution in [2.45, 2.75) is 33.2 Å². The second kappa shape index (κ2) is 6.74. The minimum absolute atomic E-state index is 0.0656. The molecule has 96 valence electrons. The van der Waals surface area contributed by atoms with Crippen LogP contribution in [0.3, 0.4) is 0 Å². The quantitative estimate of drug-likeness (QED) is 0.645. The largest absolute Gasteiger partial charge is 0.329 e. The summed E-state index contributed by atoms with van der Waals surface area (Å²) in [6.07, 6.45) is 1.05. The van der Waals surface area contributed by atoms with Crippen LogP contribution in [0.4, 0.5) is 0 Å². The summed E-state index contributed by atoms with van der Waals surface area (Å²) in [5.41, 5.74) is 16.8. The number of aryl methyl sites for hydroxylation is 1. The van der Waals surface area contributed by atoms with Crippen LogP contribution in [0.15, 0.2) is 12.1 Å². The summed E-state index contributed by atoms with van der Waals surface area (Å²) in [5.74, 6) is 0. The zero-order valence-corrected chi connectivity index (χ0v) is 11.2. The maximum Gasteiger partial charge on any atom is 0.0290 e. The number of benzene rings is 1. The lowest BCUT2D eigenvalue weighted by molar-refractivity contribution is 0.583. The molecule has 0 aliphatic heterocycles. The summed E-state index contributed by atoms with van der Waals surface area (Å²) in [7, 11) is 0. The molecule has 0 aliphatic rings. The molecule has 0 aliphatic carbocycles. The van der Waals surface area contributed by atoms with Gasteiger partial charge in [-0.3, -0.25) is 0 Å². The molecule has 1 rings (SSSR count). The number of rotatable bonds is 6. The molecule has 3 heteroatoms. The molecule has 1 aromatic rings. The van der Waals surface area contributed by atoms with Crippen LogP contribution in [0, 0.1) is 20.8 Å². The van der Waals surface area contributed by atoms with Gasteiger partial charge in [0, 0.05) is 19.1 Å². The molecular formula is C14H25N3. The zero-order chi connectivity index (χ0) is 12.8. The van der Waals surface area contributed by atoms with Crippen LogP contribution in [0.2, 0.25) is 0 Å². The van der Waals surface area contributed by atoms with Crippen molar-refractivity contribution in [2.24, 2.45) is 11.5 Å². The Morgan fingerprint density at radius 3 is 2.53 bits per heavy atom. The summed E-state index contributed by atoms with van der Waals surface area (Å²) in [6, 6.07) is 4.49. The van der Waals surface area contributed by atoms with Gasteiger partial charge in [0.15, 0.2) is 0 Å². The Kier molecular flexibility index (Phi) is 5.62. The van der Waals surface area contributed by atoms with Crippen LogP contribution >= 0.6 is 0 Å². The highest BCUT2D eigenvalue weighted by Crippen LogP contribution is 2.17. The van der Waals surface area contributed by atoms with Crippen LogP contribution < -0.4 is 16.8 Å². The van der Waals surface area contributed by atoms with Gasteiger partial charge < -0.3 is 16.8 Å². The van der Waals surface area contributed by atoms with Crippen LogP contribution in [0.1, 0.15) is 22.3 Å². The van der Waals surface area contributed by atoms with E-state index >= 15 is 0 Å². The van der Waals surface area contributed by atoms with Gasteiger partial charge >= 0.3 is 0 Å². The van der Waals surface area contributed by atoms with Crippen LogP contribution in [-0.2, 0) is 6.42 Å². The fourth-order valence-electron chi connectivity index (χ4n) is 1.88. The van der Waals surface area contributed by atoms with E-state index in [2.05, 4.69) is 38.2 Å². The van der Waals surface area contributed by atoms with Crippen molar-refractivity contribution in [3.8, 4) is 0 Å². The zero-order valence-electron chi connectivity index (χ0n) is 11.2. The normalized spacial score (nSPS) is 12.8. The standard InChI is InChI=1S/C14H25N3/c1-10-4-5-13(12(3)11(10)2)6-7-17-9-14(16)8-15/h4-5,14,17H,6-9,15-16H2,1-3H3. The molecule has 0 amide bonds. The first-order valence-corrected chi connectivity index (χ1v) is 6.28. The van der Waals surface area contributed by atoms with Crippen molar-refractivity contribution in [1.29, 1.82) is 0 Å². The second-order valence-electron chi connectivity index (χ2n) is 4.74. The topological polar surface area (TPSA) is 64.1 Å². The van der Waals surface area contributed by atoms with Crippen LogP contribution in [0.5, 0.6) is 0 Å². The van der Waals surface area contributed by atoms with Crippen molar-refractivity contribution < 1.29 is 0 Å². The predicted molar refractivity (Wildman–Crippen MR) is 74.3 cm³/mol. The van der Waals surface area contributed by atoms with Gasteiger partial charge in [0.2, 0.25) is 0 Å². The average Bonchev–Trinajstić information content (AvgIpc) is 2.33. The lowest BCUT2D eigenvalue weighted by Crippen LogP contribution is -2.40. The van der Waals surface area contributed by atoms with Crippen molar-refractivity contribution in [2.75, 3.05) is 19.6 Å². The van der Waals surface area contributed by atoms with Gasteiger partial charge in [-0.05, 0) is 56.0 Å². The summed E-state index contributed by atoms with van der Waals surface area (Å²) in [6.45, 7) is 8.83. The smallest absolute Gasteiger partial charge is 0.0290 e. The van der Waals surface area contributed by atoms with E-state index in [-0.39, 0.29) is 6.04 Å². The van der Waals surface area contributed by atoms with E-state index in [0.717, 1.165) is 19.5 Å². The fourth-order valence-corrected chi connectivity index (χ4v) is 1.88. The van der Waals surface area contributed by atoms with Gasteiger partial charge in [0.1, 0.15) is 0 Å².